The van der Waals surface area contributed by atoms with Crippen LogP contribution in [0, 0.1) is 0 Å². The Balaban J connectivity index is 2.38. The predicted octanol–water partition coefficient (Wildman–Crippen LogP) is 4.82. The Hall–Kier alpha value is -1.92. The smallest absolute Gasteiger partial charge is 0.410 e. The Bertz CT molecular complexity index is 773. The molecule has 1 aromatic rings. The number of esters is 1. The number of methoxy groups -OCH3 is 2. The molecule has 1 aliphatic rings. The number of ether oxygens (including phenoxy) is 3. The van der Waals surface area contributed by atoms with E-state index in [1.807, 2.05) is 0 Å². The molecule has 0 radical (unpaired) electrons. The first-order chi connectivity index (χ1) is 13.1. The first kappa shape index (κ1) is 22.4. The number of hydrogen-bond acceptors (Lipinski definition) is 5. The van der Waals surface area contributed by atoms with Crippen LogP contribution in [-0.2, 0) is 14.3 Å². The third kappa shape index (κ3) is 5.32. The van der Waals surface area contributed by atoms with Gasteiger partial charge in [-0.15, -0.1) is 0 Å². The molecule has 1 aromatic carbocycles. The van der Waals surface area contributed by atoms with Gasteiger partial charge < -0.3 is 19.1 Å². The van der Waals surface area contributed by atoms with E-state index >= 15 is 0 Å². The van der Waals surface area contributed by atoms with Crippen LogP contribution in [0.4, 0.5) is 4.79 Å². The fraction of sp³-hybridized carbons (Fsp3) is 0.500. The number of likely N-dealkylation sites (tertiary alicyclic amines) is 1. The molecule has 1 heterocycles. The maximum absolute atomic E-state index is 12.7. The van der Waals surface area contributed by atoms with E-state index in [1.54, 1.807) is 51.0 Å². The largest absolute Gasteiger partial charge is 0.496 e. The molecule has 0 bridgehead atoms. The monoisotopic (exact) mass is 429 g/mol. The molecule has 0 aliphatic carbocycles. The number of amides is 1. The zero-order valence-corrected chi connectivity index (χ0v) is 18.1. The van der Waals surface area contributed by atoms with E-state index in [0.29, 0.717) is 28.8 Å². The highest BCUT2D eigenvalue weighted by Gasteiger charge is 2.39. The third-order valence-corrected chi connectivity index (χ3v) is 5.17. The van der Waals surface area contributed by atoms with Gasteiger partial charge in [0.2, 0.25) is 0 Å². The quantitative estimate of drug-likeness (QED) is 0.506. The van der Waals surface area contributed by atoms with E-state index in [0.717, 1.165) is 5.56 Å². The molecule has 0 aromatic heterocycles. The summed E-state index contributed by atoms with van der Waals surface area (Å²) in [5, 5.41) is 0.808. The van der Waals surface area contributed by atoms with Gasteiger partial charge in [0.05, 0.1) is 30.3 Å². The summed E-state index contributed by atoms with van der Waals surface area (Å²) in [4.78, 5) is 25.8. The van der Waals surface area contributed by atoms with Gasteiger partial charge in [0.25, 0.3) is 0 Å². The van der Waals surface area contributed by atoms with Gasteiger partial charge in [-0.3, -0.25) is 0 Å². The topological polar surface area (TPSA) is 65.1 Å². The number of carbonyl (C=O) groups excluding carboxylic acids is 2. The molecule has 0 saturated carbocycles. The van der Waals surface area contributed by atoms with Crippen LogP contribution in [0.25, 0.3) is 0 Å². The Labute approximate surface area is 175 Å². The van der Waals surface area contributed by atoms with Gasteiger partial charge in [-0.2, -0.15) is 0 Å². The SMILES string of the molecule is COC(=O)/C=C/[C@@H]1C[C@H](c2c(OC)ccc(Cl)c2Cl)CN1C(=O)OC(C)(C)C. The number of halogens is 2. The zero-order chi connectivity index (χ0) is 21.1. The van der Waals surface area contributed by atoms with Crippen LogP contribution in [-0.4, -0.2) is 49.4 Å². The summed E-state index contributed by atoms with van der Waals surface area (Å²) in [6.45, 7) is 5.75. The van der Waals surface area contributed by atoms with Crippen LogP contribution in [0.15, 0.2) is 24.3 Å². The lowest BCUT2D eigenvalue weighted by Gasteiger charge is -2.27. The Kier molecular flexibility index (Phi) is 7.23. The maximum atomic E-state index is 12.7. The van der Waals surface area contributed by atoms with Crippen molar-refractivity contribution in [2.45, 2.75) is 44.8 Å². The summed E-state index contributed by atoms with van der Waals surface area (Å²) in [5.41, 5.74) is 0.0937. The fourth-order valence-electron chi connectivity index (χ4n) is 3.15. The molecule has 0 unspecified atom stereocenters. The number of carbonyl (C=O) groups is 2. The standard InChI is InChI=1S/C20H25Cl2NO5/c1-20(2,3)28-19(25)23-11-12(10-13(23)6-9-16(24)27-5)17-15(26-4)8-7-14(21)18(17)22/h6-9,12-13H,10-11H2,1-5H3/b9-6+/t12-,13+/m0/s1. The van der Waals surface area contributed by atoms with E-state index in [4.69, 9.17) is 32.7 Å². The number of benzene rings is 1. The molecule has 154 valence electrons. The molecule has 2 atom stereocenters. The summed E-state index contributed by atoms with van der Waals surface area (Å²) in [6.07, 6.45) is 3.01. The molecule has 28 heavy (non-hydrogen) atoms. The first-order valence-electron chi connectivity index (χ1n) is 8.85. The van der Waals surface area contributed by atoms with Crippen LogP contribution in [0.3, 0.4) is 0 Å². The average Bonchev–Trinajstić information content (AvgIpc) is 3.04. The van der Waals surface area contributed by atoms with E-state index < -0.39 is 17.7 Å². The van der Waals surface area contributed by atoms with Crippen molar-refractivity contribution < 1.29 is 23.8 Å². The molecular weight excluding hydrogens is 405 g/mol. The van der Waals surface area contributed by atoms with Crippen LogP contribution in [0.1, 0.15) is 38.7 Å². The molecule has 1 amide bonds. The normalized spacial score (nSPS) is 19.8. The lowest BCUT2D eigenvalue weighted by molar-refractivity contribution is -0.134. The third-order valence-electron chi connectivity index (χ3n) is 4.35. The highest BCUT2D eigenvalue weighted by Crippen LogP contribution is 2.43. The van der Waals surface area contributed by atoms with E-state index in [-0.39, 0.29) is 12.0 Å². The minimum absolute atomic E-state index is 0.138. The second-order valence-corrected chi connectivity index (χ2v) is 8.28. The zero-order valence-electron chi connectivity index (χ0n) is 16.6. The number of rotatable bonds is 4. The average molecular weight is 430 g/mol. The Morgan fingerprint density at radius 1 is 1.21 bits per heavy atom. The Morgan fingerprint density at radius 3 is 2.46 bits per heavy atom. The van der Waals surface area contributed by atoms with Crippen molar-refractivity contribution in [2.75, 3.05) is 20.8 Å². The van der Waals surface area contributed by atoms with Gasteiger partial charge in [-0.1, -0.05) is 29.3 Å². The molecule has 6 nitrogen and oxygen atoms in total. The van der Waals surface area contributed by atoms with Crippen molar-refractivity contribution in [3.63, 3.8) is 0 Å². The van der Waals surface area contributed by atoms with E-state index in [1.165, 1.54) is 13.2 Å². The van der Waals surface area contributed by atoms with E-state index in [9.17, 15) is 9.59 Å². The second-order valence-electron chi connectivity index (χ2n) is 7.49. The van der Waals surface area contributed by atoms with Crippen molar-refractivity contribution in [1.29, 1.82) is 0 Å². The lowest BCUT2D eigenvalue weighted by Crippen LogP contribution is -2.39. The minimum Gasteiger partial charge on any atom is -0.496 e. The second kappa shape index (κ2) is 9.05. The summed E-state index contributed by atoms with van der Waals surface area (Å²) >= 11 is 12.6. The molecule has 1 fully saturated rings. The van der Waals surface area contributed by atoms with Crippen molar-refractivity contribution in [3.8, 4) is 5.75 Å². The highest BCUT2D eigenvalue weighted by atomic mass is 35.5. The van der Waals surface area contributed by atoms with Crippen molar-refractivity contribution in [1.82, 2.24) is 4.90 Å². The van der Waals surface area contributed by atoms with Crippen molar-refractivity contribution >= 4 is 35.3 Å². The van der Waals surface area contributed by atoms with Gasteiger partial charge >= 0.3 is 12.1 Å². The summed E-state index contributed by atoms with van der Waals surface area (Å²) in [5.74, 6) is -0.0342. The summed E-state index contributed by atoms with van der Waals surface area (Å²) in [6, 6.07) is 3.05. The molecule has 2 rings (SSSR count). The first-order valence-corrected chi connectivity index (χ1v) is 9.60. The molecule has 0 spiro atoms. The molecule has 1 saturated heterocycles. The van der Waals surface area contributed by atoms with Crippen LogP contribution in [0.2, 0.25) is 10.0 Å². The molecular formula is C20H25Cl2NO5. The van der Waals surface area contributed by atoms with Crippen LogP contribution >= 0.6 is 23.2 Å². The highest BCUT2D eigenvalue weighted by molar-refractivity contribution is 6.42. The van der Waals surface area contributed by atoms with E-state index in [2.05, 4.69) is 4.74 Å². The summed E-state index contributed by atoms with van der Waals surface area (Å²) < 4.78 is 15.6. The van der Waals surface area contributed by atoms with Crippen molar-refractivity contribution in [2.24, 2.45) is 0 Å². The summed E-state index contributed by atoms with van der Waals surface area (Å²) in [7, 11) is 2.85. The lowest BCUT2D eigenvalue weighted by atomic mass is 9.95. The van der Waals surface area contributed by atoms with Gasteiger partial charge in [0.15, 0.2) is 0 Å². The van der Waals surface area contributed by atoms with Crippen LogP contribution < -0.4 is 4.74 Å². The molecule has 0 N–H and O–H groups in total. The number of hydrogen-bond donors (Lipinski definition) is 0. The van der Waals surface area contributed by atoms with Gasteiger partial charge in [0, 0.05) is 24.1 Å². The fourth-order valence-corrected chi connectivity index (χ4v) is 3.63. The number of nitrogens with zero attached hydrogens (tertiary/aromatic N) is 1. The van der Waals surface area contributed by atoms with Gasteiger partial charge in [0.1, 0.15) is 11.4 Å². The minimum atomic E-state index is -0.642. The van der Waals surface area contributed by atoms with Gasteiger partial charge in [-0.05, 0) is 39.3 Å². The predicted molar refractivity (Wildman–Crippen MR) is 108 cm³/mol. The Morgan fingerprint density at radius 2 is 1.89 bits per heavy atom. The van der Waals surface area contributed by atoms with Gasteiger partial charge in [-0.25, -0.2) is 9.59 Å². The molecule has 1 aliphatic heterocycles. The van der Waals surface area contributed by atoms with Crippen molar-refractivity contribution in [3.05, 3.63) is 39.9 Å². The van der Waals surface area contributed by atoms with Crippen LogP contribution in [0.5, 0.6) is 5.75 Å². The molecule has 8 heteroatoms. The maximum Gasteiger partial charge on any atom is 0.410 e.